The van der Waals surface area contributed by atoms with Crippen LogP contribution >= 0.6 is 0 Å². The first-order valence-corrected chi connectivity index (χ1v) is 10.2. The lowest BCUT2D eigenvalue weighted by atomic mass is 9.96. The molecule has 0 aliphatic carbocycles. The van der Waals surface area contributed by atoms with Crippen molar-refractivity contribution in [2.24, 2.45) is 0 Å². The average Bonchev–Trinajstić information content (AvgIpc) is 3.45. The molecule has 170 valence electrons. The Morgan fingerprint density at radius 3 is 2.94 bits per heavy atom. The maximum atomic E-state index is 13.8. The number of amides is 1. The fraction of sp³-hybridized carbons (Fsp3) is 0.381. The summed E-state index contributed by atoms with van der Waals surface area (Å²) in [7, 11) is 1.50. The molecule has 3 aromatic rings. The van der Waals surface area contributed by atoms with E-state index in [1.165, 1.54) is 13.3 Å². The van der Waals surface area contributed by atoms with Gasteiger partial charge in [0.15, 0.2) is 6.04 Å². The van der Waals surface area contributed by atoms with Gasteiger partial charge < -0.3 is 19.9 Å². The van der Waals surface area contributed by atoms with Gasteiger partial charge in [0.2, 0.25) is 0 Å². The Morgan fingerprint density at radius 1 is 1.38 bits per heavy atom. The molecule has 0 bridgehead atoms. The van der Waals surface area contributed by atoms with Gasteiger partial charge in [-0.3, -0.25) is 4.79 Å². The van der Waals surface area contributed by atoms with Gasteiger partial charge in [0.05, 0.1) is 25.7 Å². The number of carbonyl (C=O) groups is 1. The average molecular weight is 448 g/mol. The Hall–Kier alpha value is -3.50. The van der Waals surface area contributed by atoms with E-state index < -0.39 is 24.2 Å². The lowest BCUT2D eigenvalue weighted by Gasteiger charge is -2.34. The molecule has 0 saturated carbocycles. The van der Waals surface area contributed by atoms with Crippen molar-refractivity contribution in [2.75, 3.05) is 19.0 Å². The number of anilines is 1. The Kier molecular flexibility index (Phi) is 6.06. The number of rotatable bonds is 7. The van der Waals surface area contributed by atoms with E-state index in [-0.39, 0.29) is 17.8 Å². The molecule has 1 amide bonds. The maximum Gasteiger partial charge on any atom is 0.410 e. The van der Waals surface area contributed by atoms with Crippen molar-refractivity contribution in [3.63, 3.8) is 0 Å². The SMILES string of the molecule is COc1cccc([C@H]2C[C@@H](C(F)(F)F)n3ncc(C(=O)NCCCn4ccnc4)c3N2)c1. The molecule has 32 heavy (non-hydrogen) atoms. The largest absolute Gasteiger partial charge is 0.497 e. The van der Waals surface area contributed by atoms with Gasteiger partial charge in [-0.1, -0.05) is 12.1 Å². The molecule has 0 fully saturated rings. The van der Waals surface area contributed by atoms with Crippen LogP contribution < -0.4 is 15.4 Å². The van der Waals surface area contributed by atoms with E-state index in [4.69, 9.17) is 4.74 Å². The molecule has 2 N–H and O–H groups in total. The Labute approximate surface area is 182 Å². The van der Waals surface area contributed by atoms with Gasteiger partial charge in [0.1, 0.15) is 17.1 Å². The van der Waals surface area contributed by atoms with Gasteiger partial charge in [-0.2, -0.15) is 18.3 Å². The summed E-state index contributed by atoms with van der Waals surface area (Å²) in [6.07, 6.45) is 2.22. The Bertz CT molecular complexity index is 1060. The molecule has 0 spiro atoms. The fourth-order valence-corrected chi connectivity index (χ4v) is 3.78. The van der Waals surface area contributed by atoms with Gasteiger partial charge in [-0.05, 0) is 24.1 Å². The minimum atomic E-state index is -4.52. The number of imidazole rings is 1. The lowest BCUT2D eigenvalue weighted by Crippen LogP contribution is -2.36. The number of aromatic nitrogens is 4. The number of benzene rings is 1. The second-order valence-electron chi connectivity index (χ2n) is 7.53. The number of ether oxygens (including phenoxy) is 1. The van der Waals surface area contributed by atoms with Gasteiger partial charge in [0.25, 0.3) is 5.91 Å². The van der Waals surface area contributed by atoms with Crippen LogP contribution in [0.15, 0.2) is 49.2 Å². The highest BCUT2D eigenvalue weighted by molar-refractivity contribution is 5.98. The second-order valence-corrected chi connectivity index (χ2v) is 7.53. The summed E-state index contributed by atoms with van der Waals surface area (Å²) < 4.78 is 49.4. The first-order valence-electron chi connectivity index (χ1n) is 10.2. The minimum Gasteiger partial charge on any atom is -0.497 e. The number of methoxy groups -OCH3 is 1. The van der Waals surface area contributed by atoms with E-state index in [0.717, 1.165) is 4.68 Å². The zero-order valence-corrected chi connectivity index (χ0v) is 17.3. The van der Waals surface area contributed by atoms with E-state index >= 15 is 0 Å². The number of hydrogen-bond acceptors (Lipinski definition) is 5. The Morgan fingerprint density at radius 2 is 2.22 bits per heavy atom. The van der Waals surface area contributed by atoms with Crippen LogP contribution in [0.5, 0.6) is 5.75 Å². The topological polar surface area (TPSA) is 86.0 Å². The predicted molar refractivity (Wildman–Crippen MR) is 110 cm³/mol. The molecule has 0 radical (unpaired) electrons. The summed E-state index contributed by atoms with van der Waals surface area (Å²) >= 11 is 0. The van der Waals surface area contributed by atoms with Crippen LogP contribution in [-0.2, 0) is 6.54 Å². The molecule has 2 atom stereocenters. The Balaban J connectivity index is 1.53. The van der Waals surface area contributed by atoms with Crippen molar-refractivity contribution in [1.82, 2.24) is 24.6 Å². The first kappa shape index (κ1) is 21.7. The molecule has 8 nitrogen and oxygen atoms in total. The lowest BCUT2D eigenvalue weighted by molar-refractivity contribution is -0.173. The molecular weight excluding hydrogens is 425 g/mol. The summed E-state index contributed by atoms with van der Waals surface area (Å²) in [5, 5.41) is 9.73. The summed E-state index contributed by atoms with van der Waals surface area (Å²) in [6, 6.07) is 4.35. The van der Waals surface area contributed by atoms with E-state index in [9.17, 15) is 18.0 Å². The normalized spacial score (nSPS) is 18.0. The third kappa shape index (κ3) is 4.56. The molecular formula is C21H23F3N6O2. The summed E-state index contributed by atoms with van der Waals surface area (Å²) in [5.74, 6) is 0.123. The highest BCUT2D eigenvalue weighted by Gasteiger charge is 2.47. The smallest absolute Gasteiger partial charge is 0.410 e. The molecule has 1 aliphatic rings. The van der Waals surface area contributed by atoms with E-state index in [2.05, 4.69) is 20.7 Å². The van der Waals surface area contributed by atoms with Crippen molar-refractivity contribution < 1.29 is 22.7 Å². The van der Waals surface area contributed by atoms with Gasteiger partial charge >= 0.3 is 6.18 Å². The fourth-order valence-electron chi connectivity index (χ4n) is 3.78. The van der Waals surface area contributed by atoms with Crippen molar-refractivity contribution in [3.8, 4) is 5.75 Å². The highest BCUT2D eigenvalue weighted by Crippen LogP contribution is 2.44. The molecule has 1 aliphatic heterocycles. The highest BCUT2D eigenvalue weighted by atomic mass is 19.4. The van der Waals surface area contributed by atoms with Crippen LogP contribution in [0.25, 0.3) is 0 Å². The molecule has 3 heterocycles. The zero-order chi connectivity index (χ0) is 22.7. The van der Waals surface area contributed by atoms with Crippen molar-refractivity contribution >= 4 is 11.7 Å². The number of carbonyl (C=O) groups excluding carboxylic acids is 1. The van der Waals surface area contributed by atoms with Crippen molar-refractivity contribution in [3.05, 3.63) is 60.3 Å². The van der Waals surface area contributed by atoms with Crippen LogP contribution in [0.3, 0.4) is 0 Å². The standard InChI is InChI=1S/C21H23F3N6O2/c1-32-15-5-2-4-14(10-15)17-11-18(21(22,23)24)30-19(28-17)16(12-27-30)20(31)26-6-3-8-29-9-7-25-13-29/h2,4-5,7,9-10,12-13,17-18,28H,3,6,8,11H2,1H3,(H,26,31)/t17-,18+/m1/s1. The predicted octanol–water partition coefficient (Wildman–Crippen LogP) is 3.57. The number of halogens is 3. The number of nitrogens with one attached hydrogen (secondary N) is 2. The molecule has 11 heteroatoms. The van der Waals surface area contributed by atoms with Crippen molar-refractivity contribution in [2.45, 2.75) is 37.6 Å². The summed E-state index contributed by atoms with van der Waals surface area (Å²) in [4.78, 5) is 16.7. The van der Waals surface area contributed by atoms with E-state index in [0.29, 0.717) is 30.8 Å². The molecule has 4 rings (SSSR count). The van der Waals surface area contributed by atoms with E-state index in [1.807, 2.05) is 10.8 Å². The molecule has 2 aromatic heterocycles. The number of fused-ring (bicyclic) bond motifs is 1. The van der Waals surface area contributed by atoms with Gasteiger partial charge in [-0.15, -0.1) is 0 Å². The quantitative estimate of drug-likeness (QED) is 0.540. The number of hydrogen-bond donors (Lipinski definition) is 2. The number of alkyl halides is 3. The molecule has 0 unspecified atom stereocenters. The minimum absolute atomic E-state index is 0.0542. The van der Waals surface area contributed by atoms with Crippen LogP contribution in [-0.4, -0.2) is 45.1 Å². The summed E-state index contributed by atoms with van der Waals surface area (Å²) in [5.41, 5.74) is 0.715. The van der Waals surface area contributed by atoms with Crippen LogP contribution in [0, 0.1) is 0 Å². The van der Waals surface area contributed by atoms with Gasteiger partial charge in [-0.25, -0.2) is 9.67 Å². The number of nitrogens with zero attached hydrogens (tertiary/aromatic N) is 4. The third-order valence-electron chi connectivity index (χ3n) is 5.42. The van der Waals surface area contributed by atoms with Crippen LogP contribution in [0.2, 0.25) is 0 Å². The zero-order valence-electron chi connectivity index (χ0n) is 17.3. The van der Waals surface area contributed by atoms with Crippen molar-refractivity contribution in [1.29, 1.82) is 0 Å². The first-order chi connectivity index (χ1) is 15.4. The second kappa shape index (κ2) is 8.93. The van der Waals surface area contributed by atoms with Crippen LogP contribution in [0.4, 0.5) is 19.0 Å². The maximum absolute atomic E-state index is 13.8. The van der Waals surface area contributed by atoms with Gasteiger partial charge in [0, 0.05) is 31.9 Å². The molecule has 0 saturated heterocycles. The third-order valence-corrected chi connectivity index (χ3v) is 5.42. The molecule has 1 aromatic carbocycles. The number of aryl methyl sites for hydroxylation is 1. The van der Waals surface area contributed by atoms with E-state index in [1.54, 1.807) is 36.8 Å². The van der Waals surface area contributed by atoms with Crippen LogP contribution in [0.1, 0.15) is 40.8 Å². The summed E-state index contributed by atoms with van der Waals surface area (Å²) in [6.45, 7) is 1.03. The monoisotopic (exact) mass is 448 g/mol.